The monoisotopic (exact) mass is 263 g/mol. The number of hydrogen-bond donors (Lipinski definition) is 0. The molecule has 0 N–H and O–H groups in total. The maximum atomic E-state index is 11.6. The highest BCUT2D eigenvalue weighted by Gasteiger charge is 2.28. The third-order valence-electron chi connectivity index (χ3n) is 2.16. The second kappa shape index (κ2) is 4.51. The summed E-state index contributed by atoms with van der Waals surface area (Å²) in [5, 5.41) is 0.965. The summed E-state index contributed by atoms with van der Waals surface area (Å²) in [6.45, 7) is 7.32. The van der Waals surface area contributed by atoms with Crippen LogP contribution in [0, 0.1) is 5.92 Å². The molecule has 1 rings (SSSR count). The van der Waals surface area contributed by atoms with E-state index in [2.05, 4.69) is 15.9 Å². The number of likely N-dealkylation sites (tertiary alicyclic amines) is 1. The van der Waals surface area contributed by atoms with E-state index in [1.54, 1.807) is 4.90 Å². The predicted molar refractivity (Wildman–Crippen MR) is 59.7 cm³/mol. The van der Waals surface area contributed by atoms with Crippen molar-refractivity contribution in [2.24, 2.45) is 5.92 Å². The number of carbonyl (C=O) groups excluding carboxylic acids is 1. The second-order valence-corrected chi connectivity index (χ2v) is 5.38. The standard InChI is InChI=1S/C10H18BrNO2/c1-10(2,3)14-9(13)12-5-4-8(6-11)7-12/h8H,4-7H2,1-3H3/t8-/m1/s1. The zero-order valence-corrected chi connectivity index (χ0v) is 10.6. The molecule has 0 aromatic heterocycles. The van der Waals surface area contributed by atoms with Crippen molar-refractivity contribution in [3.8, 4) is 0 Å². The van der Waals surface area contributed by atoms with Crippen LogP contribution in [0.1, 0.15) is 27.2 Å². The molecular formula is C10H18BrNO2. The fourth-order valence-corrected chi connectivity index (χ4v) is 1.98. The summed E-state index contributed by atoms with van der Waals surface area (Å²) in [5.74, 6) is 0.586. The first-order valence-corrected chi connectivity index (χ1v) is 6.08. The summed E-state index contributed by atoms with van der Waals surface area (Å²) in [4.78, 5) is 13.4. The van der Waals surface area contributed by atoms with Crippen LogP contribution in [0.2, 0.25) is 0 Å². The number of amides is 1. The lowest BCUT2D eigenvalue weighted by Gasteiger charge is -2.24. The van der Waals surface area contributed by atoms with Crippen molar-refractivity contribution in [1.29, 1.82) is 0 Å². The molecule has 0 radical (unpaired) electrons. The van der Waals surface area contributed by atoms with E-state index in [1.807, 2.05) is 20.8 Å². The highest BCUT2D eigenvalue weighted by atomic mass is 79.9. The van der Waals surface area contributed by atoms with Gasteiger partial charge in [-0.1, -0.05) is 15.9 Å². The van der Waals surface area contributed by atoms with Crippen molar-refractivity contribution in [2.75, 3.05) is 18.4 Å². The highest BCUT2D eigenvalue weighted by molar-refractivity contribution is 9.09. The first-order chi connectivity index (χ1) is 6.42. The average Bonchev–Trinajstić information content (AvgIpc) is 2.48. The van der Waals surface area contributed by atoms with Crippen molar-refractivity contribution >= 4 is 22.0 Å². The van der Waals surface area contributed by atoms with Crippen LogP contribution < -0.4 is 0 Å². The van der Waals surface area contributed by atoms with E-state index in [9.17, 15) is 4.79 Å². The molecule has 1 aliphatic rings. The molecule has 3 nitrogen and oxygen atoms in total. The lowest BCUT2D eigenvalue weighted by atomic mass is 10.2. The zero-order chi connectivity index (χ0) is 10.8. The van der Waals surface area contributed by atoms with Crippen LogP contribution >= 0.6 is 15.9 Å². The molecule has 82 valence electrons. The summed E-state index contributed by atoms with van der Waals surface area (Å²) in [6.07, 6.45) is 0.894. The Morgan fingerprint density at radius 2 is 2.21 bits per heavy atom. The largest absolute Gasteiger partial charge is 0.444 e. The van der Waals surface area contributed by atoms with Gasteiger partial charge in [-0.3, -0.25) is 0 Å². The van der Waals surface area contributed by atoms with Gasteiger partial charge in [0.15, 0.2) is 0 Å². The highest BCUT2D eigenvalue weighted by Crippen LogP contribution is 2.20. The van der Waals surface area contributed by atoms with Crippen LogP contribution in [0.4, 0.5) is 4.79 Å². The molecule has 0 saturated carbocycles. The minimum absolute atomic E-state index is 0.180. The fraction of sp³-hybridized carbons (Fsp3) is 0.900. The van der Waals surface area contributed by atoms with Crippen molar-refractivity contribution in [2.45, 2.75) is 32.8 Å². The molecule has 1 saturated heterocycles. The smallest absolute Gasteiger partial charge is 0.410 e. The van der Waals surface area contributed by atoms with Crippen molar-refractivity contribution in [3.63, 3.8) is 0 Å². The normalized spacial score (nSPS) is 22.6. The maximum Gasteiger partial charge on any atom is 0.410 e. The quantitative estimate of drug-likeness (QED) is 0.681. The van der Waals surface area contributed by atoms with E-state index in [0.29, 0.717) is 5.92 Å². The average molecular weight is 264 g/mol. The van der Waals surface area contributed by atoms with Crippen LogP contribution in [0.25, 0.3) is 0 Å². The third kappa shape index (κ3) is 3.48. The Bertz CT molecular complexity index is 213. The Kier molecular flexibility index (Phi) is 3.81. The number of hydrogen-bond acceptors (Lipinski definition) is 2. The molecule has 0 bridgehead atoms. The number of ether oxygens (including phenoxy) is 1. The first kappa shape index (κ1) is 11.8. The zero-order valence-electron chi connectivity index (χ0n) is 9.05. The molecule has 0 aliphatic carbocycles. The SMILES string of the molecule is CC(C)(C)OC(=O)N1CC[C@H](CBr)C1. The summed E-state index contributed by atoms with van der Waals surface area (Å²) >= 11 is 3.44. The molecule has 4 heteroatoms. The number of halogens is 1. The number of alkyl halides is 1. The summed E-state index contributed by atoms with van der Waals surface area (Å²) in [6, 6.07) is 0. The number of carbonyl (C=O) groups is 1. The molecule has 1 heterocycles. The molecule has 0 unspecified atom stereocenters. The van der Waals surface area contributed by atoms with Crippen LogP contribution in [-0.4, -0.2) is 35.0 Å². The minimum Gasteiger partial charge on any atom is -0.444 e. The Morgan fingerprint density at radius 1 is 1.57 bits per heavy atom. The molecule has 1 amide bonds. The van der Waals surface area contributed by atoms with Gasteiger partial charge >= 0.3 is 6.09 Å². The lowest BCUT2D eigenvalue weighted by Crippen LogP contribution is -2.35. The van der Waals surface area contributed by atoms with Gasteiger partial charge in [-0.05, 0) is 33.1 Å². The Hall–Kier alpha value is -0.250. The lowest BCUT2D eigenvalue weighted by molar-refractivity contribution is 0.0289. The second-order valence-electron chi connectivity index (χ2n) is 4.74. The minimum atomic E-state index is -0.385. The molecule has 14 heavy (non-hydrogen) atoms. The number of nitrogens with zero attached hydrogens (tertiary/aromatic N) is 1. The van der Waals surface area contributed by atoms with Crippen LogP contribution in [0.3, 0.4) is 0 Å². The third-order valence-corrected chi connectivity index (χ3v) is 3.07. The molecule has 0 aromatic carbocycles. The molecule has 0 aromatic rings. The fourth-order valence-electron chi connectivity index (χ4n) is 1.45. The van der Waals surface area contributed by atoms with E-state index in [0.717, 1.165) is 24.8 Å². The van der Waals surface area contributed by atoms with Gasteiger partial charge in [0.05, 0.1) is 0 Å². The molecular weight excluding hydrogens is 246 g/mol. The molecule has 1 fully saturated rings. The molecule has 1 aliphatic heterocycles. The van der Waals surface area contributed by atoms with Gasteiger partial charge in [-0.15, -0.1) is 0 Å². The Labute approximate surface area is 93.9 Å². The van der Waals surface area contributed by atoms with E-state index in [4.69, 9.17) is 4.74 Å². The summed E-state index contributed by atoms with van der Waals surface area (Å²) in [5.41, 5.74) is -0.385. The van der Waals surface area contributed by atoms with E-state index >= 15 is 0 Å². The van der Waals surface area contributed by atoms with Crippen molar-refractivity contribution in [1.82, 2.24) is 4.90 Å². The van der Waals surface area contributed by atoms with Gasteiger partial charge in [-0.25, -0.2) is 4.79 Å². The first-order valence-electron chi connectivity index (χ1n) is 4.96. The van der Waals surface area contributed by atoms with Crippen LogP contribution in [-0.2, 0) is 4.74 Å². The van der Waals surface area contributed by atoms with Gasteiger partial charge in [0, 0.05) is 18.4 Å². The van der Waals surface area contributed by atoms with E-state index < -0.39 is 0 Å². The molecule has 0 spiro atoms. The van der Waals surface area contributed by atoms with Gasteiger partial charge in [0.25, 0.3) is 0 Å². The van der Waals surface area contributed by atoms with E-state index in [1.165, 1.54) is 0 Å². The van der Waals surface area contributed by atoms with Crippen molar-refractivity contribution < 1.29 is 9.53 Å². The summed E-state index contributed by atoms with van der Waals surface area (Å²) in [7, 11) is 0. The maximum absolute atomic E-state index is 11.6. The predicted octanol–water partition coefficient (Wildman–Crippen LogP) is 2.64. The van der Waals surface area contributed by atoms with Gasteiger partial charge < -0.3 is 9.64 Å². The van der Waals surface area contributed by atoms with Gasteiger partial charge in [-0.2, -0.15) is 0 Å². The Morgan fingerprint density at radius 3 is 2.64 bits per heavy atom. The van der Waals surface area contributed by atoms with Crippen molar-refractivity contribution in [3.05, 3.63) is 0 Å². The number of rotatable bonds is 1. The van der Waals surface area contributed by atoms with Gasteiger partial charge in [0.2, 0.25) is 0 Å². The topological polar surface area (TPSA) is 29.5 Å². The van der Waals surface area contributed by atoms with E-state index in [-0.39, 0.29) is 11.7 Å². The van der Waals surface area contributed by atoms with Gasteiger partial charge in [0.1, 0.15) is 5.60 Å². The van der Waals surface area contributed by atoms with Crippen LogP contribution in [0.15, 0.2) is 0 Å². The molecule has 1 atom stereocenters. The van der Waals surface area contributed by atoms with Crippen LogP contribution in [0.5, 0.6) is 0 Å². The summed E-state index contributed by atoms with van der Waals surface area (Å²) < 4.78 is 5.29. The Balaban J connectivity index is 2.40.